The Labute approximate surface area is 157 Å². The molecule has 0 atom stereocenters. The third-order valence-corrected chi connectivity index (χ3v) is 6.48. The zero-order valence-corrected chi connectivity index (χ0v) is 16.1. The summed E-state index contributed by atoms with van der Waals surface area (Å²) in [6, 6.07) is 5.79. The monoisotopic (exact) mass is 394 g/mol. The molecule has 1 aromatic heterocycles. The van der Waals surface area contributed by atoms with Crippen LogP contribution in [0.4, 0.5) is 11.4 Å². The Bertz CT molecular complexity index is 935. The molecule has 0 amide bonds. The summed E-state index contributed by atoms with van der Waals surface area (Å²) in [7, 11) is -2.05. The SMILES string of the molecule is Cc1cc(CN(C)c2ccc(S(=O)(=O)N3CCCCC3)cc2[N+](=O)[O-])no1. The van der Waals surface area contributed by atoms with Crippen molar-refractivity contribution in [2.75, 3.05) is 25.0 Å². The second kappa shape index (κ2) is 7.65. The zero-order chi connectivity index (χ0) is 19.6. The maximum atomic E-state index is 12.8. The zero-order valence-electron chi connectivity index (χ0n) is 15.3. The van der Waals surface area contributed by atoms with Crippen molar-refractivity contribution >= 4 is 21.4 Å². The van der Waals surface area contributed by atoms with E-state index >= 15 is 0 Å². The standard InChI is InChI=1S/C17H22N4O5S/c1-13-10-14(18-26-13)12-19(2)16-7-6-15(11-17(16)21(22)23)27(24,25)20-8-4-3-5-9-20/h6-7,10-11H,3-5,8-9,12H2,1-2H3. The minimum absolute atomic E-state index is 0.0504. The van der Waals surface area contributed by atoms with Crippen molar-refractivity contribution < 1.29 is 17.9 Å². The molecule has 146 valence electrons. The maximum Gasteiger partial charge on any atom is 0.293 e. The molecule has 0 bridgehead atoms. The second-order valence-electron chi connectivity index (χ2n) is 6.66. The lowest BCUT2D eigenvalue weighted by Crippen LogP contribution is -2.35. The molecule has 0 aliphatic carbocycles. The predicted molar refractivity (Wildman–Crippen MR) is 99.1 cm³/mol. The van der Waals surface area contributed by atoms with Crippen molar-refractivity contribution in [2.45, 2.75) is 37.6 Å². The van der Waals surface area contributed by atoms with Crippen molar-refractivity contribution in [3.63, 3.8) is 0 Å². The van der Waals surface area contributed by atoms with Crippen molar-refractivity contribution in [1.82, 2.24) is 9.46 Å². The van der Waals surface area contributed by atoms with Crippen LogP contribution in [0.3, 0.4) is 0 Å². The summed E-state index contributed by atoms with van der Waals surface area (Å²) in [4.78, 5) is 12.6. The Morgan fingerprint density at radius 2 is 1.96 bits per heavy atom. The first-order chi connectivity index (χ1) is 12.8. The smallest absolute Gasteiger partial charge is 0.293 e. The Morgan fingerprint density at radius 3 is 2.56 bits per heavy atom. The highest BCUT2D eigenvalue weighted by atomic mass is 32.2. The average molecular weight is 394 g/mol. The van der Waals surface area contributed by atoms with Crippen LogP contribution in [0.2, 0.25) is 0 Å². The van der Waals surface area contributed by atoms with Crippen LogP contribution < -0.4 is 4.90 Å². The molecule has 2 heterocycles. The highest BCUT2D eigenvalue weighted by molar-refractivity contribution is 7.89. The van der Waals surface area contributed by atoms with E-state index in [1.165, 1.54) is 16.4 Å². The van der Waals surface area contributed by atoms with E-state index in [0.717, 1.165) is 25.3 Å². The molecule has 3 rings (SSSR count). The van der Waals surface area contributed by atoms with Gasteiger partial charge in [-0.3, -0.25) is 10.1 Å². The number of piperidine rings is 1. The number of aryl methyl sites for hydroxylation is 1. The van der Waals surface area contributed by atoms with Gasteiger partial charge in [-0.2, -0.15) is 4.31 Å². The number of nitro groups is 1. The summed E-state index contributed by atoms with van der Waals surface area (Å²) >= 11 is 0. The van der Waals surface area contributed by atoms with E-state index in [1.54, 1.807) is 24.9 Å². The van der Waals surface area contributed by atoms with Gasteiger partial charge >= 0.3 is 0 Å². The number of nitro benzene ring substituents is 1. The Balaban J connectivity index is 1.91. The predicted octanol–water partition coefficient (Wildman–Crippen LogP) is 2.70. The number of nitrogens with zero attached hydrogens (tertiary/aromatic N) is 4. The summed E-state index contributed by atoms with van der Waals surface area (Å²) in [6.45, 7) is 2.96. The fourth-order valence-electron chi connectivity index (χ4n) is 3.21. The average Bonchev–Trinajstić information content (AvgIpc) is 3.06. The second-order valence-corrected chi connectivity index (χ2v) is 8.60. The molecule has 1 fully saturated rings. The van der Waals surface area contributed by atoms with Gasteiger partial charge < -0.3 is 9.42 Å². The van der Waals surface area contributed by atoms with E-state index in [9.17, 15) is 18.5 Å². The van der Waals surface area contributed by atoms with Crippen LogP contribution in [0.5, 0.6) is 0 Å². The number of aromatic nitrogens is 1. The van der Waals surface area contributed by atoms with Crippen molar-refractivity contribution in [3.05, 3.63) is 45.8 Å². The molecule has 1 aliphatic heterocycles. The van der Waals surface area contributed by atoms with Gasteiger partial charge in [0.05, 0.1) is 16.4 Å². The van der Waals surface area contributed by atoms with Crippen molar-refractivity contribution in [2.24, 2.45) is 0 Å². The lowest BCUT2D eigenvalue weighted by Gasteiger charge is -2.26. The quantitative estimate of drug-likeness (QED) is 0.547. The summed E-state index contributed by atoms with van der Waals surface area (Å²) in [6.07, 6.45) is 2.61. The molecule has 0 radical (unpaired) electrons. The number of sulfonamides is 1. The molecule has 1 aliphatic rings. The van der Waals surface area contributed by atoms with Crippen LogP contribution in [0.1, 0.15) is 30.7 Å². The molecule has 9 nitrogen and oxygen atoms in total. The molecular formula is C17H22N4O5S. The Morgan fingerprint density at radius 1 is 1.26 bits per heavy atom. The number of benzene rings is 1. The van der Waals surface area contributed by atoms with Gasteiger partial charge in [0.2, 0.25) is 10.0 Å². The van der Waals surface area contributed by atoms with E-state index in [2.05, 4.69) is 5.16 Å². The first-order valence-electron chi connectivity index (χ1n) is 8.71. The number of hydrogen-bond donors (Lipinski definition) is 0. The van der Waals surface area contributed by atoms with Crippen LogP contribution in [-0.4, -0.2) is 42.9 Å². The largest absolute Gasteiger partial charge is 0.363 e. The summed E-state index contributed by atoms with van der Waals surface area (Å²) in [5.41, 5.74) is 0.698. The van der Waals surface area contributed by atoms with E-state index in [1.807, 2.05) is 0 Å². The van der Waals surface area contributed by atoms with Gasteiger partial charge in [0.15, 0.2) is 0 Å². The number of hydrogen-bond acceptors (Lipinski definition) is 7. The van der Waals surface area contributed by atoms with Crippen LogP contribution in [-0.2, 0) is 16.6 Å². The first kappa shape index (κ1) is 19.3. The lowest BCUT2D eigenvalue weighted by molar-refractivity contribution is -0.384. The van der Waals surface area contributed by atoms with Gasteiger partial charge in [0, 0.05) is 32.3 Å². The van der Waals surface area contributed by atoms with Crippen molar-refractivity contribution in [3.8, 4) is 0 Å². The van der Waals surface area contributed by atoms with Gasteiger partial charge in [0.1, 0.15) is 17.1 Å². The van der Waals surface area contributed by atoms with Crippen molar-refractivity contribution in [1.29, 1.82) is 0 Å². The normalized spacial score (nSPS) is 15.6. The van der Waals surface area contributed by atoms with E-state index in [-0.39, 0.29) is 10.6 Å². The van der Waals surface area contributed by atoms with Crippen LogP contribution >= 0.6 is 0 Å². The van der Waals surface area contributed by atoms with E-state index < -0.39 is 14.9 Å². The Hall–Kier alpha value is -2.46. The van der Waals surface area contributed by atoms with Crippen LogP contribution in [0, 0.1) is 17.0 Å². The molecule has 1 aromatic carbocycles. The first-order valence-corrected chi connectivity index (χ1v) is 10.1. The molecule has 0 N–H and O–H groups in total. The highest BCUT2D eigenvalue weighted by Crippen LogP contribution is 2.32. The topological polar surface area (TPSA) is 110 Å². The summed E-state index contributed by atoms with van der Waals surface area (Å²) in [5.74, 6) is 0.649. The lowest BCUT2D eigenvalue weighted by atomic mass is 10.2. The molecule has 27 heavy (non-hydrogen) atoms. The van der Waals surface area contributed by atoms with Gasteiger partial charge in [-0.15, -0.1) is 0 Å². The molecule has 0 unspecified atom stereocenters. The molecule has 10 heteroatoms. The van der Waals surface area contributed by atoms with Gasteiger partial charge in [-0.25, -0.2) is 8.42 Å². The maximum absolute atomic E-state index is 12.8. The fraction of sp³-hybridized carbons (Fsp3) is 0.471. The summed E-state index contributed by atoms with van der Waals surface area (Å²) in [5, 5.41) is 15.5. The van der Waals surface area contributed by atoms with Gasteiger partial charge in [-0.1, -0.05) is 11.6 Å². The molecule has 2 aromatic rings. The molecule has 0 saturated carbocycles. The minimum atomic E-state index is -3.73. The van der Waals surface area contributed by atoms with Crippen LogP contribution in [0.25, 0.3) is 0 Å². The Kier molecular flexibility index (Phi) is 5.47. The minimum Gasteiger partial charge on any atom is -0.363 e. The van der Waals surface area contributed by atoms with Gasteiger partial charge in [0.25, 0.3) is 5.69 Å². The van der Waals surface area contributed by atoms with E-state index in [4.69, 9.17) is 4.52 Å². The third kappa shape index (κ3) is 4.11. The van der Waals surface area contributed by atoms with Crippen LogP contribution in [0.15, 0.2) is 33.7 Å². The molecule has 1 saturated heterocycles. The molecule has 0 spiro atoms. The summed E-state index contributed by atoms with van der Waals surface area (Å²) < 4.78 is 32.0. The molecular weight excluding hydrogens is 372 g/mol. The fourth-order valence-corrected chi connectivity index (χ4v) is 4.75. The highest BCUT2D eigenvalue weighted by Gasteiger charge is 2.29. The third-order valence-electron chi connectivity index (χ3n) is 4.58. The van der Waals surface area contributed by atoms with Gasteiger partial charge in [-0.05, 0) is 31.9 Å². The van der Waals surface area contributed by atoms with E-state index in [0.29, 0.717) is 36.8 Å². The number of anilines is 1. The number of rotatable bonds is 6.